The van der Waals surface area contributed by atoms with Gasteiger partial charge in [0.05, 0.1) is 12.7 Å². The van der Waals surface area contributed by atoms with E-state index < -0.39 is 5.91 Å². The van der Waals surface area contributed by atoms with Crippen LogP contribution in [-0.2, 0) is 0 Å². The summed E-state index contributed by atoms with van der Waals surface area (Å²) in [6.45, 7) is 3.06. The Bertz CT molecular complexity index is 657. The number of methoxy groups -OCH3 is 1. The largest absolute Gasteiger partial charge is 0.493 e. The van der Waals surface area contributed by atoms with Gasteiger partial charge in [-0.15, -0.1) is 0 Å². The highest BCUT2D eigenvalue weighted by Gasteiger charge is 2.09. The number of nitrogens with zero attached hydrogens (tertiary/aromatic N) is 1. The van der Waals surface area contributed by atoms with E-state index in [0.29, 0.717) is 22.9 Å². The number of primary amides is 1. The fourth-order valence-electron chi connectivity index (χ4n) is 1.97. The molecule has 0 unspecified atom stereocenters. The highest BCUT2D eigenvalue weighted by molar-refractivity contribution is 5.92. The van der Waals surface area contributed by atoms with E-state index in [-0.39, 0.29) is 0 Å². The van der Waals surface area contributed by atoms with Crippen LogP contribution in [0.15, 0.2) is 36.5 Å². The van der Waals surface area contributed by atoms with Gasteiger partial charge < -0.3 is 20.5 Å². The number of unbranched alkanes of at least 4 members (excludes halogenated alkanes) is 1. The molecule has 2 rings (SSSR count). The molecule has 1 aromatic heterocycles. The van der Waals surface area contributed by atoms with Gasteiger partial charge in [0.15, 0.2) is 11.5 Å². The maximum atomic E-state index is 11.0. The van der Waals surface area contributed by atoms with Crippen molar-refractivity contribution in [2.75, 3.05) is 19.0 Å². The maximum absolute atomic E-state index is 11.0. The van der Waals surface area contributed by atoms with Crippen LogP contribution in [0.4, 0.5) is 5.69 Å². The molecule has 122 valence electrons. The molecule has 0 aliphatic heterocycles. The van der Waals surface area contributed by atoms with E-state index in [9.17, 15) is 4.79 Å². The second-order valence-electron chi connectivity index (χ2n) is 5.00. The van der Waals surface area contributed by atoms with Gasteiger partial charge in [-0.3, -0.25) is 4.79 Å². The number of carbonyl (C=O) groups is 1. The Morgan fingerprint density at radius 2 is 2.09 bits per heavy atom. The monoisotopic (exact) mass is 315 g/mol. The lowest BCUT2D eigenvalue weighted by molar-refractivity contribution is 0.1000. The molecule has 0 spiro atoms. The van der Waals surface area contributed by atoms with Crippen LogP contribution in [0.1, 0.15) is 30.1 Å². The number of hydrogen-bond acceptors (Lipinski definition) is 5. The van der Waals surface area contributed by atoms with E-state index in [1.807, 2.05) is 18.2 Å². The highest BCUT2D eigenvalue weighted by Crippen LogP contribution is 2.33. The van der Waals surface area contributed by atoms with Crippen molar-refractivity contribution in [3.8, 4) is 17.4 Å². The number of hydrogen-bond donors (Lipinski definition) is 2. The Hall–Kier alpha value is -2.76. The van der Waals surface area contributed by atoms with Crippen LogP contribution < -0.4 is 20.5 Å². The molecule has 1 aromatic carbocycles. The first-order chi connectivity index (χ1) is 11.1. The smallest absolute Gasteiger partial charge is 0.250 e. The van der Waals surface area contributed by atoms with E-state index >= 15 is 0 Å². The molecule has 0 atom stereocenters. The Balaban J connectivity index is 2.11. The van der Waals surface area contributed by atoms with Crippen LogP contribution in [0.3, 0.4) is 0 Å². The van der Waals surface area contributed by atoms with E-state index in [4.69, 9.17) is 15.2 Å². The molecule has 1 heterocycles. The van der Waals surface area contributed by atoms with Crippen LogP contribution >= 0.6 is 0 Å². The van der Waals surface area contributed by atoms with Crippen LogP contribution in [0.25, 0.3) is 0 Å². The Morgan fingerprint density at radius 3 is 2.70 bits per heavy atom. The first kappa shape index (κ1) is 16.6. The standard InChI is InChI=1S/C17H21N3O3/c1-3-4-9-19-13-6-7-14(15(10-13)22-2)23-16-8-5-12(11-20-16)17(18)21/h5-8,10-11,19H,3-4,9H2,1-2H3,(H2,18,21). The molecule has 0 saturated carbocycles. The topological polar surface area (TPSA) is 86.5 Å². The molecule has 6 heteroatoms. The average Bonchev–Trinajstić information content (AvgIpc) is 2.56. The molecule has 2 aromatic rings. The third-order valence-corrected chi connectivity index (χ3v) is 3.26. The van der Waals surface area contributed by atoms with Gasteiger partial charge in [0, 0.05) is 30.6 Å². The molecule has 3 N–H and O–H groups in total. The van der Waals surface area contributed by atoms with Gasteiger partial charge in [0.1, 0.15) is 0 Å². The van der Waals surface area contributed by atoms with Gasteiger partial charge in [-0.25, -0.2) is 4.98 Å². The molecule has 0 fully saturated rings. The summed E-state index contributed by atoms with van der Waals surface area (Å²) < 4.78 is 11.1. The molecule has 1 amide bonds. The molecule has 0 aliphatic rings. The zero-order valence-electron chi connectivity index (χ0n) is 13.3. The summed E-state index contributed by atoms with van der Waals surface area (Å²) in [7, 11) is 1.58. The van der Waals surface area contributed by atoms with Crippen molar-refractivity contribution in [1.82, 2.24) is 4.98 Å². The van der Waals surface area contributed by atoms with Crippen LogP contribution in [0, 0.1) is 0 Å². The zero-order valence-corrected chi connectivity index (χ0v) is 13.3. The van der Waals surface area contributed by atoms with Crippen molar-refractivity contribution in [2.45, 2.75) is 19.8 Å². The number of nitrogens with one attached hydrogen (secondary N) is 1. The van der Waals surface area contributed by atoms with Crippen LogP contribution in [-0.4, -0.2) is 24.5 Å². The van der Waals surface area contributed by atoms with Crippen LogP contribution in [0.2, 0.25) is 0 Å². The van der Waals surface area contributed by atoms with Gasteiger partial charge in [0.25, 0.3) is 0 Å². The quantitative estimate of drug-likeness (QED) is 0.731. The lowest BCUT2D eigenvalue weighted by atomic mass is 10.2. The molecule has 0 radical (unpaired) electrons. The normalized spacial score (nSPS) is 10.2. The minimum absolute atomic E-state index is 0.333. The van der Waals surface area contributed by atoms with Crippen molar-refractivity contribution in [3.63, 3.8) is 0 Å². The highest BCUT2D eigenvalue weighted by atomic mass is 16.5. The molecule has 23 heavy (non-hydrogen) atoms. The van der Waals surface area contributed by atoms with E-state index in [1.165, 1.54) is 6.20 Å². The molecular formula is C17H21N3O3. The number of rotatable bonds is 8. The van der Waals surface area contributed by atoms with E-state index in [0.717, 1.165) is 25.1 Å². The van der Waals surface area contributed by atoms with Gasteiger partial charge >= 0.3 is 0 Å². The fourth-order valence-corrected chi connectivity index (χ4v) is 1.97. The third kappa shape index (κ3) is 4.60. The Kier molecular flexibility index (Phi) is 5.80. The minimum Gasteiger partial charge on any atom is -0.493 e. The summed E-state index contributed by atoms with van der Waals surface area (Å²) in [4.78, 5) is 15.1. The summed E-state index contributed by atoms with van der Waals surface area (Å²) in [5.74, 6) is 0.990. The third-order valence-electron chi connectivity index (χ3n) is 3.26. The first-order valence-corrected chi connectivity index (χ1v) is 7.49. The Labute approximate surface area is 135 Å². The van der Waals surface area contributed by atoms with Crippen molar-refractivity contribution in [1.29, 1.82) is 0 Å². The van der Waals surface area contributed by atoms with E-state index in [2.05, 4.69) is 17.2 Å². The van der Waals surface area contributed by atoms with Gasteiger partial charge in [0.2, 0.25) is 11.8 Å². The number of pyridine rings is 1. The summed E-state index contributed by atoms with van der Waals surface area (Å²) in [6, 6.07) is 8.77. The molecule has 0 saturated heterocycles. The summed E-state index contributed by atoms with van der Waals surface area (Å²) in [6.07, 6.45) is 3.62. The van der Waals surface area contributed by atoms with Gasteiger partial charge in [-0.05, 0) is 24.6 Å². The SMILES string of the molecule is CCCCNc1ccc(Oc2ccc(C(N)=O)cn2)c(OC)c1. The number of amides is 1. The van der Waals surface area contributed by atoms with Crippen molar-refractivity contribution < 1.29 is 14.3 Å². The summed E-state index contributed by atoms with van der Waals surface area (Å²) >= 11 is 0. The van der Waals surface area contributed by atoms with Crippen LogP contribution in [0.5, 0.6) is 17.4 Å². The number of benzene rings is 1. The Morgan fingerprint density at radius 1 is 1.26 bits per heavy atom. The molecule has 0 aliphatic carbocycles. The number of ether oxygens (including phenoxy) is 2. The van der Waals surface area contributed by atoms with Gasteiger partial charge in [-0.2, -0.15) is 0 Å². The molecule has 0 bridgehead atoms. The zero-order chi connectivity index (χ0) is 16.7. The van der Waals surface area contributed by atoms with E-state index in [1.54, 1.807) is 19.2 Å². The summed E-state index contributed by atoms with van der Waals surface area (Å²) in [5, 5.41) is 3.33. The predicted molar refractivity (Wildman–Crippen MR) is 89.2 cm³/mol. The van der Waals surface area contributed by atoms with Gasteiger partial charge in [-0.1, -0.05) is 13.3 Å². The van der Waals surface area contributed by atoms with Crippen molar-refractivity contribution >= 4 is 11.6 Å². The number of nitrogens with two attached hydrogens (primary N) is 1. The first-order valence-electron chi connectivity index (χ1n) is 7.49. The number of carbonyl (C=O) groups excluding carboxylic acids is 1. The second-order valence-corrected chi connectivity index (χ2v) is 5.00. The molecular weight excluding hydrogens is 294 g/mol. The summed E-state index contributed by atoms with van der Waals surface area (Å²) in [5.41, 5.74) is 6.49. The lowest BCUT2D eigenvalue weighted by Gasteiger charge is -2.12. The molecule has 6 nitrogen and oxygen atoms in total. The van der Waals surface area contributed by atoms with Crippen molar-refractivity contribution in [3.05, 3.63) is 42.1 Å². The fraction of sp³-hybridized carbons (Fsp3) is 0.294. The number of anilines is 1. The maximum Gasteiger partial charge on any atom is 0.250 e. The lowest BCUT2D eigenvalue weighted by Crippen LogP contribution is -2.10. The second kappa shape index (κ2) is 8.03. The van der Waals surface area contributed by atoms with Crippen molar-refractivity contribution in [2.24, 2.45) is 5.73 Å². The average molecular weight is 315 g/mol. The predicted octanol–water partition coefficient (Wildman–Crippen LogP) is 3.19. The minimum atomic E-state index is -0.524. The number of aromatic nitrogens is 1.